The van der Waals surface area contributed by atoms with E-state index in [-0.39, 0.29) is 17.0 Å². The number of benzene rings is 3. The fourth-order valence-electron chi connectivity index (χ4n) is 5.04. The third-order valence-corrected chi connectivity index (χ3v) is 6.77. The van der Waals surface area contributed by atoms with Gasteiger partial charge in [0.2, 0.25) is 0 Å². The van der Waals surface area contributed by atoms with Gasteiger partial charge >= 0.3 is 5.56 Å². The normalized spacial score (nSPS) is 13.1. The predicted octanol–water partition coefficient (Wildman–Crippen LogP) is 4.05. The first-order valence-electron chi connectivity index (χ1n) is 11.8. The lowest BCUT2D eigenvalue weighted by molar-refractivity contribution is 0.0994. The minimum atomic E-state index is -0.327. The Morgan fingerprint density at radius 2 is 1.67 bits per heavy atom. The lowest BCUT2D eigenvalue weighted by atomic mass is 10.1. The number of carbonyl (C=O) groups excluding carboxylic acids is 1. The molecule has 0 amide bonds. The number of aromatic nitrogens is 6. The highest BCUT2D eigenvalue weighted by Gasteiger charge is 2.28. The molecule has 0 saturated heterocycles. The number of nitrogens with zero attached hydrogens (tertiary/aromatic N) is 6. The zero-order chi connectivity index (χ0) is 24.2. The SMILES string of the molecule is O=C1CCc2cccc(-n3nc4c5ccccc5n(Cc5ccc(-n6cccn6)cc5)nc-4c3=O)c21. The van der Waals surface area contributed by atoms with Crippen LogP contribution in [0.1, 0.15) is 27.9 Å². The Morgan fingerprint density at radius 3 is 2.50 bits per heavy atom. The average molecular weight is 473 g/mol. The number of fused-ring (bicyclic) bond motifs is 4. The van der Waals surface area contributed by atoms with Crippen molar-refractivity contribution in [3.63, 3.8) is 0 Å². The fraction of sp³-hybridized carbons (Fsp3) is 0.107. The van der Waals surface area contributed by atoms with Gasteiger partial charge in [0.15, 0.2) is 11.5 Å². The maximum Gasteiger partial charge on any atom is 0.301 e. The summed E-state index contributed by atoms with van der Waals surface area (Å²) < 4.78 is 4.99. The molecule has 8 heteroatoms. The molecule has 0 fully saturated rings. The van der Waals surface area contributed by atoms with E-state index in [1.165, 1.54) is 4.68 Å². The smallest absolute Gasteiger partial charge is 0.294 e. The van der Waals surface area contributed by atoms with Gasteiger partial charge in [0, 0.05) is 29.8 Å². The van der Waals surface area contributed by atoms with E-state index in [1.54, 1.807) is 16.9 Å². The second-order valence-electron chi connectivity index (χ2n) is 8.94. The van der Waals surface area contributed by atoms with Crippen LogP contribution in [0.5, 0.6) is 0 Å². The van der Waals surface area contributed by atoms with E-state index in [0.29, 0.717) is 36.3 Å². The molecule has 0 saturated carbocycles. The summed E-state index contributed by atoms with van der Waals surface area (Å²) in [4.78, 5) is 26.2. The molecule has 3 heterocycles. The molecular formula is C28H20N6O2. The molecule has 0 radical (unpaired) electrons. The minimum absolute atomic E-state index is 0.0472. The van der Waals surface area contributed by atoms with Gasteiger partial charge in [-0.2, -0.15) is 20.0 Å². The van der Waals surface area contributed by atoms with Crippen molar-refractivity contribution in [2.45, 2.75) is 19.4 Å². The maximum atomic E-state index is 13.6. The largest absolute Gasteiger partial charge is 0.301 e. The molecule has 3 aliphatic rings. The molecule has 0 atom stereocenters. The van der Waals surface area contributed by atoms with Crippen LogP contribution in [0.25, 0.3) is 33.7 Å². The summed E-state index contributed by atoms with van der Waals surface area (Å²) in [6.45, 7) is 0.486. The molecule has 0 bridgehead atoms. The number of carbonyl (C=O) groups is 1. The zero-order valence-electron chi connectivity index (χ0n) is 19.2. The van der Waals surface area contributed by atoms with Crippen LogP contribution in [0.2, 0.25) is 0 Å². The van der Waals surface area contributed by atoms with Gasteiger partial charge in [-0.3, -0.25) is 14.3 Å². The van der Waals surface area contributed by atoms with Crippen molar-refractivity contribution >= 4 is 16.7 Å². The van der Waals surface area contributed by atoms with Crippen LogP contribution in [0.4, 0.5) is 0 Å². The summed E-state index contributed by atoms with van der Waals surface area (Å²) in [6.07, 6.45) is 4.80. The van der Waals surface area contributed by atoms with Crippen LogP contribution in [0.3, 0.4) is 0 Å². The fourth-order valence-corrected chi connectivity index (χ4v) is 5.04. The van der Waals surface area contributed by atoms with E-state index in [2.05, 4.69) is 10.2 Å². The summed E-state index contributed by atoms with van der Waals surface area (Å²) in [5, 5.41) is 14.5. The number of hydrogen-bond donors (Lipinski definition) is 0. The van der Waals surface area contributed by atoms with Crippen LogP contribution in [0.15, 0.2) is 90.0 Å². The molecule has 4 aromatic rings. The quantitative estimate of drug-likeness (QED) is 0.386. The van der Waals surface area contributed by atoms with Crippen LogP contribution < -0.4 is 5.56 Å². The van der Waals surface area contributed by atoms with Gasteiger partial charge in [-0.05, 0) is 47.9 Å². The minimum Gasteiger partial charge on any atom is -0.294 e. The highest BCUT2D eigenvalue weighted by atomic mass is 16.1. The monoisotopic (exact) mass is 472 g/mol. The molecule has 0 unspecified atom stereocenters. The zero-order valence-corrected chi connectivity index (χ0v) is 19.2. The molecule has 174 valence electrons. The molecule has 1 aliphatic carbocycles. The molecule has 0 N–H and O–H groups in total. The Kier molecular flexibility index (Phi) is 4.47. The van der Waals surface area contributed by atoms with E-state index in [4.69, 9.17) is 5.10 Å². The highest BCUT2D eigenvalue weighted by Crippen LogP contribution is 2.30. The van der Waals surface area contributed by atoms with Crippen molar-refractivity contribution in [3.05, 3.63) is 112 Å². The summed E-state index contributed by atoms with van der Waals surface area (Å²) in [5.74, 6) is 0.0472. The lowest BCUT2D eigenvalue weighted by Crippen LogP contribution is -2.19. The van der Waals surface area contributed by atoms with Gasteiger partial charge in [0.1, 0.15) is 5.69 Å². The van der Waals surface area contributed by atoms with Crippen molar-refractivity contribution in [3.8, 4) is 22.8 Å². The molecule has 7 rings (SSSR count). The van der Waals surface area contributed by atoms with Gasteiger partial charge in [-0.1, -0.05) is 42.5 Å². The van der Waals surface area contributed by atoms with Gasteiger partial charge < -0.3 is 0 Å². The molecule has 36 heavy (non-hydrogen) atoms. The summed E-state index contributed by atoms with van der Waals surface area (Å²) in [6, 6.07) is 23.4. The molecule has 2 aliphatic heterocycles. The molecular weight excluding hydrogens is 452 g/mol. The Labute approximate surface area is 205 Å². The van der Waals surface area contributed by atoms with Crippen LogP contribution in [-0.2, 0) is 13.0 Å². The van der Waals surface area contributed by atoms with Crippen molar-refractivity contribution < 1.29 is 4.79 Å². The standard InChI is InChI=1S/C28H20N6O2/c35-24-14-11-19-5-3-8-23(25(19)24)34-28(36)27-26(31-34)21-6-1-2-7-22(21)33(30-27)17-18-9-12-20(13-10-18)32-16-4-15-29-32/h1-10,12-13,15-16H,11,14,17H2. The van der Waals surface area contributed by atoms with Crippen LogP contribution in [0, 0.1) is 0 Å². The first kappa shape index (κ1) is 20.5. The van der Waals surface area contributed by atoms with Gasteiger partial charge in [0.05, 0.1) is 23.4 Å². The second kappa shape index (κ2) is 7.84. The maximum absolute atomic E-state index is 13.6. The number of ketones is 1. The Balaban J connectivity index is 1.37. The highest BCUT2D eigenvalue weighted by molar-refractivity contribution is 6.03. The number of rotatable bonds is 4. The van der Waals surface area contributed by atoms with Crippen molar-refractivity contribution in [1.29, 1.82) is 0 Å². The number of aryl methyl sites for hydroxylation is 1. The lowest BCUT2D eigenvalue weighted by Gasteiger charge is -2.12. The van der Waals surface area contributed by atoms with Gasteiger partial charge in [-0.25, -0.2) is 4.68 Å². The molecule has 0 spiro atoms. The Bertz CT molecular complexity index is 1790. The Morgan fingerprint density at radius 1 is 0.806 bits per heavy atom. The van der Waals surface area contributed by atoms with Gasteiger partial charge in [-0.15, -0.1) is 0 Å². The predicted molar refractivity (Wildman–Crippen MR) is 135 cm³/mol. The molecule has 1 aromatic heterocycles. The molecule has 8 nitrogen and oxygen atoms in total. The third-order valence-electron chi connectivity index (χ3n) is 6.77. The first-order chi connectivity index (χ1) is 17.7. The van der Waals surface area contributed by atoms with E-state index in [1.807, 2.05) is 77.6 Å². The summed E-state index contributed by atoms with van der Waals surface area (Å²) in [5.41, 5.74) is 5.46. The average Bonchev–Trinajstić information content (AvgIpc) is 3.65. The van der Waals surface area contributed by atoms with Crippen LogP contribution >= 0.6 is 0 Å². The summed E-state index contributed by atoms with van der Waals surface area (Å²) in [7, 11) is 0. The van der Waals surface area contributed by atoms with Gasteiger partial charge in [0.25, 0.3) is 0 Å². The topological polar surface area (TPSA) is 87.6 Å². The third kappa shape index (κ3) is 3.11. The van der Waals surface area contributed by atoms with Crippen LogP contribution in [-0.4, -0.2) is 35.1 Å². The number of Topliss-reactive ketones (excluding diaryl/α,β-unsaturated/α-hetero) is 1. The second-order valence-corrected chi connectivity index (χ2v) is 8.94. The van der Waals surface area contributed by atoms with E-state index >= 15 is 0 Å². The Hall–Kier alpha value is -4.85. The van der Waals surface area contributed by atoms with Crippen molar-refractivity contribution in [1.82, 2.24) is 29.3 Å². The van der Waals surface area contributed by atoms with Crippen molar-refractivity contribution in [2.75, 3.05) is 0 Å². The number of para-hydroxylation sites is 1. The summed E-state index contributed by atoms with van der Waals surface area (Å²) >= 11 is 0. The van der Waals surface area contributed by atoms with E-state index < -0.39 is 0 Å². The molecule has 3 aromatic carbocycles. The number of hydrogen-bond acceptors (Lipinski definition) is 5. The first-order valence-corrected chi connectivity index (χ1v) is 11.8. The van der Waals surface area contributed by atoms with E-state index in [0.717, 1.165) is 27.7 Å². The van der Waals surface area contributed by atoms with Crippen molar-refractivity contribution in [2.24, 2.45) is 0 Å². The van der Waals surface area contributed by atoms with E-state index in [9.17, 15) is 9.59 Å².